The number of fused-ring (bicyclic) bond motifs is 7. The highest BCUT2D eigenvalue weighted by molar-refractivity contribution is 9.09. The molecule has 7 fully saturated rings. The zero-order chi connectivity index (χ0) is 53.1. The number of hydrogen-bond acceptors (Lipinski definition) is 17. The van der Waals surface area contributed by atoms with Crippen LogP contribution in [0.15, 0.2) is 66.3 Å². The van der Waals surface area contributed by atoms with Crippen molar-refractivity contribution in [3.8, 4) is 5.75 Å². The van der Waals surface area contributed by atoms with Crippen LogP contribution in [0.4, 0.5) is 10.5 Å². The lowest BCUT2D eigenvalue weighted by molar-refractivity contribution is -0.271. The summed E-state index contributed by atoms with van der Waals surface area (Å²) in [4.78, 5) is 77.2. The first kappa shape index (κ1) is 53.3. The monoisotopic (exact) mass is 1110 g/mol. The van der Waals surface area contributed by atoms with Crippen molar-refractivity contribution in [2.45, 2.75) is 119 Å². The molecule has 0 radical (unpaired) electrons. The number of benzene rings is 2. The molecule has 3 saturated carbocycles. The van der Waals surface area contributed by atoms with Gasteiger partial charge in [-0.2, -0.15) is 0 Å². The Hall–Kier alpha value is -5.14. The molecular formula is C53H62BrN3O18. The van der Waals surface area contributed by atoms with Crippen LogP contribution < -0.4 is 15.4 Å². The molecule has 404 valence electrons. The Morgan fingerprint density at radius 2 is 1.69 bits per heavy atom. The highest BCUT2D eigenvalue weighted by Crippen LogP contribution is 2.65. The number of anilines is 1. The van der Waals surface area contributed by atoms with Crippen LogP contribution in [-0.4, -0.2) is 164 Å². The van der Waals surface area contributed by atoms with E-state index in [2.05, 4.69) is 33.5 Å². The minimum atomic E-state index is -1.95. The molecule has 2 aromatic carbocycles. The first-order chi connectivity index (χ1) is 35.8. The summed E-state index contributed by atoms with van der Waals surface area (Å²) in [6.45, 7) is 2.43. The molecule has 0 bridgehead atoms. The standard InChI is InChI=1S/C53H62BrN3O18/c1-51-12-10-30(59)16-29(51)7-8-32-33-17-39-53(38(61)21-58,34(33)18-36(60)42(32)51)75-48(73-39)28-5-2-26(3-6-28)14-31-19-52(25-71-31)23-57(24-52)50(69)70-22-27-4-9-37(35(15-27)56-40(62)11-13-55-41(63)20-54)72-49-45(66)43(64)44(65)46(74-49)47(67)68/h2-6,9-10,12,15-16,31-34,36,39,42-46,48-49,58,60,64-66H,7-8,11,13-14,17-25H2,1H3,(H,55,63)(H,56,62)(H,67,68)/t31?,32-,33-,34?,36-,39+,42+,43-,44-,45+,46-,48+,49+,51-,53+/m0/s1. The molecule has 4 heterocycles. The summed E-state index contributed by atoms with van der Waals surface area (Å²) in [7, 11) is 0. The second-order valence-corrected chi connectivity index (χ2v) is 22.2. The summed E-state index contributed by atoms with van der Waals surface area (Å²) in [5, 5.41) is 67.8. The first-order valence-electron chi connectivity index (χ1n) is 25.4. The van der Waals surface area contributed by atoms with Gasteiger partial charge in [0.05, 0.1) is 35.9 Å². The largest absolute Gasteiger partial charge is 0.479 e. The number of nitrogens with one attached hydrogen (secondary N) is 2. The Labute approximate surface area is 439 Å². The number of aliphatic hydroxyl groups excluding tert-OH is 5. The molecule has 10 rings (SSSR count). The van der Waals surface area contributed by atoms with E-state index in [0.717, 1.165) is 29.5 Å². The van der Waals surface area contributed by atoms with Crippen LogP contribution in [0, 0.1) is 34.5 Å². The maximum absolute atomic E-state index is 13.8. The average Bonchev–Trinajstić information content (AvgIpc) is 4.11. The number of aliphatic carboxylic acids is 1. The van der Waals surface area contributed by atoms with Gasteiger partial charge >= 0.3 is 12.1 Å². The van der Waals surface area contributed by atoms with Crippen molar-refractivity contribution in [3.05, 3.63) is 83.0 Å². The SMILES string of the molecule is C[C@]12C=CC(=O)C=C1CC[C@@H]1[C@@H]2[C@@H](O)CC2[C@H]1C[C@H]1O[C@@H](c3ccc(CC4CC5(CO4)CN(C(=O)OCc4ccc(O[C@@H]6O[C@H](C(=O)O)[C@@H](O)[C@H](O)[C@H]6O)c(NC(=O)CCNC(=O)CBr)c4)C5)cc3)O[C@@]21C(=O)CO. The molecule has 2 aromatic rings. The van der Waals surface area contributed by atoms with E-state index in [1.165, 1.54) is 18.2 Å². The van der Waals surface area contributed by atoms with Crippen LogP contribution in [0.5, 0.6) is 5.75 Å². The average molecular weight is 1110 g/mol. The molecule has 0 aromatic heterocycles. The lowest BCUT2D eigenvalue weighted by Gasteiger charge is -2.56. The molecule has 1 spiro atoms. The second-order valence-electron chi connectivity index (χ2n) is 21.6. The highest BCUT2D eigenvalue weighted by Gasteiger charge is 2.70. The topological polar surface area (TPSA) is 306 Å². The van der Waals surface area contributed by atoms with Crippen LogP contribution in [0.2, 0.25) is 0 Å². The zero-order valence-corrected chi connectivity index (χ0v) is 42.7. The normalized spacial score (nSPS) is 36.0. The van der Waals surface area contributed by atoms with Crippen LogP contribution >= 0.6 is 15.9 Å². The van der Waals surface area contributed by atoms with E-state index in [4.69, 9.17) is 28.4 Å². The number of amides is 3. The number of ketones is 2. The predicted molar refractivity (Wildman–Crippen MR) is 262 cm³/mol. The molecule has 22 heteroatoms. The number of likely N-dealkylation sites (tertiary alicyclic amines) is 1. The van der Waals surface area contributed by atoms with Crippen molar-refractivity contribution in [2.75, 3.05) is 43.5 Å². The third-order valence-corrected chi connectivity index (χ3v) is 17.5. The Bertz CT molecular complexity index is 2640. The highest BCUT2D eigenvalue weighted by atomic mass is 79.9. The number of allylic oxidation sites excluding steroid dienone is 4. The van der Waals surface area contributed by atoms with Gasteiger partial charge in [-0.3, -0.25) is 19.2 Å². The summed E-state index contributed by atoms with van der Waals surface area (Å²) >= 11 is 3.03. The molecule has 8 aliphatic rings. The van der Waals surface area contributed by atoms with Crippen molar-refractivity contribution in [1.29, 1.82) is 0 Å². The number of hydrogen-bond donors (Lipinski definition) is 8. The number of carbonyl (C=O) groups excluding carboxylic acids is 5. The number of ether oxygens (including phenoxy) is 6. The second kappa shape index (κ2) is 21.0. The Kier molecular flexibility index (Phi) is 14.9. The van der Waals surface area contributed by atoms with Crippen LogP contribution in [0.3, 0.4) is 0 Å². The fraction of sp³-hybridized carbons (Fsp3) is 0.585. The van der Waals surface area contributed by atoms with E-state index in [0.29, 0.717) is 50.9 Å². The molecule has 3 amide bonds. The van der Waals surface area contributed by atoms with E-state index in [9.17, 15) is 59.4 Å². The number of nitrogens with zero attached hydrogens (tertiary/aromatic N) is 1. The summed E-state index contributed by atoms with van der Waals surface area (Å²) in [6.07, 6.45) is -3.54. The number of carboxylic acids is 1. The number of halogens is 1. The Morgan fingerprint density at radius 1 is 0.933 bits per heavy atom. The Balaban J connectivity index is 0.723. The maximum atomic E-state index is 13.8. The number of carboxylic acid groups (broad SMARTS) is 1. The molecule has 4 aliphatic heterocycles. The number of alkyl halides is 1. The van der Waals surface area contributed by atoms with Crippen LogP contribution in [0.1, 0.15) is 68.4 Å². The molecule has 4 saturated heterocycles. The maximum Gasteiger partial charge on any atom is 0.410 e. The number of Topliss-reactive ketones (excluding diaryl/α,β-unsaturated/α-hetero) is 1. The summed E-state index contributed by atoms with van der Waals surface area (Å²) in [5.41, 5.74) is 1.09. The Morgan fingerprint density at radius 3 is 2.43 bits per heavy atom. The summed E-state index contributed by atoms with van der Waals surface area (Å²) < 4.78 is 36.2. The lowest BCUT2D eigenvalue weighted by Crippen LogP contribution is -2.61. The molecule has 75 heavy (non-hydrogen) atoms. The van der Waals surface area contributed by atoms with Gasteiger partial charge in [-0.1, -0.05) is 64.8 Å². The molecule has 2 unspecified atom stereocenters. The molecule has 8 N–H and O–H groups in total. The molecule has 4 aliphatic carbocycles. The van der Waals surface area contributed by atoms with Gasteiger partial charge in [-0.25, -0.2) is 9.59 Å². The van der Waals surface area contributed by atoms with Crippen molar-refractivity contribution in [1.82, 2.24) is 10.2 Å². The van der Waals surface area contributed by atoms with Gasteiger partial charge < -0.3 is 74.6 Å². The third kappa shape index (κ3) is 9.95. The minimum absolute atomic E-state index is 0.00104. The summed E-state index contributed by atoms with van der Waals surface area (Å²) in [5.74, 6) is -3.44. The lowest BCUT2D eigenvalue weighted by atomic mass is 9.49. The van der Waals surface area contributed by atoms with E-state index < -0.39 is 90.6 Å². The van der Waals surface area contributed by atoms with Crippen molar-refractivity contribution < 1.29 is 87.8 Å². The van der Waals surface area contributed by atoms with Gasteiger partial charge in [-0.05, 0) is 85.8 Å². The first-order valence-corrected chi connectivity index (χ1v) is 26.5. The van der Waals surface area contributed by atoms with Gasteiger partial charge in [0, 0.05) is 54.3 Å². The zero-order valence-electron chi connectivity index (χ0n) is 41.1. The van der Waals surface area contributed by atoms with Crippen LogP contribution in [0.25, 0.3) is 0 Å². The quantitative estimate of drug-likeness (QED) is 0.118. The number of rotatable bonds is 15. The van der Waals surface area contributed by atoms with Gasteiger partial charge in [0.15, 0.2) is 29.6 Å². The third-order valence-electron chi connectivity index (χ3n) is 17.0. The van der Waals surface area contributed by atoms with E-state index in [-0.39, 0.29) is 83.2 Å². The summed E-state index contributed by atoms with van der Waals surface area (Å²) in [6, 6.07) is 12.1. The number of aliphatic hydroxyl groups is 5. The van der Waals surface area contributed by atoms with Crippen molar-refractivity contribution in [3.63, 3.8) is 0 Å². The van der Waals surface area contributed by atoms with E-state index in [1.807, 2.05) is 30.3 Å². The van der Waals surface area contributed by atoms with Gasteiger partial charge in [0.1, 0.15) is 37.3 Å². The van der Waals surface area contributed by atoms with E-state index >= 15 is 0 Å². The van der Waals surface area contributed by atoms with Gasteiger partial charge in [-0.15, -0.1) is 0 Å². The molecule has 15 atom stereocenters. The van der Waals surface area contributed by atoms with Crippen molar-refractivity contribution >= 4 is 57.1 Å². The predicted octanol–water partition coefficient (Wildman–Crippen LogP) is 1.98. The molecule has 21 nitrogen and oxygen atoms in total. The minimum Gasteiger partial charge on any atom is -0.479 e. The fourth-order valence-corrected chi connectivity index (χ4v) is 13.7. The smallest absolute Gasteiger partial charge is 0.410 e. The van der Waals surface area contributed by atoms with E-state index in [1.54, 1.807) is 17.1 Å². The van der Waals surface area contributed by atoms with Crippen LogP contribution in [-0.2, 0) is 60.7 Å². The number of carbonyl (C=O) groups is 6. The molecular weight excluding hydrogens is 1050 g/mol. The van der Waals surface area contributed by atoms with Gasteiger partial charge in [0.2, 0.25) is 18.1 Å². The van der Waals surface area contributed by atoms with Gasteiger partial charge in [0.25, 0.3) is 0 Å². The fourth-order valence-electron chi connectivity index (χ4n) is 13.5. The van der Waals surface area contributed by atoms with Crippen molar-refractivity contribution in [2.24, 2.45) is 34.5 Å².